The van der Waals surface area contributed by atoms with Crippen LogP contribution in [0.1, 0.15) is 30.6 Å². The standard InChI is InChI=1S/C11H14BrN3S/c1-2-5-15-9(3-4-14-15)11(13)8-6-10(12)16-7-8/h3-4,6-7,11H,2,5,13H2,1H3. The van der Waals surface area contributed by atoms with Gasteiger partial charge in [0.2, 0.25) is 0 Å². The maximum atomic E-state index is 6.23. The third kappa shape index (κ3) is 2.36. The van der Waals surface area contributed by atoms with Gasteiger partial charge in [0.05, 0.1) is 15.5 Å². The van der Waals surface area contributed by atoms with E-state index in [0.29, 0.717) is 0 Å². The van der Waals surface area contributed by atoms with Crippen LogP contribution in [0, 0.1) is 0 Å². The van der Waals surface area contributed by atoms with Gasteiger partial charge in [-0.3, -0.25) is 4.68 Å². The Hall–Kier alpha value is -0.650. The predicted octanol–water partition coefficient (Wildman–Crippen LogP) is 3.17. The number of hydrogen-bond donors (Lipinski definition) is 1. The summed E-state index contributed by atoms with van der Waals surface area (Å²) in [5.74, 6) is 0. The van der Waals surface area contributed by atoms with Crippen molar-refractivity contribution < 1.29 is 0 Å². The largest absolute Gasteiger partial charge is 0.319 e. The van der Waals surface area contributed by atoms with Gasteiger partial charge in [0.15, 0.2) is 0 Å². The molecule has 2 aromatic heterocycles. The molecule has 1 atom stereocenters. The van der Waals surface area contributed by atoms with Crippen LogP contribution >= 0.6 is 27.3 Å². The summed E-state index contributed by atoms with van der Waals surface area (Å²) < 4.78 is 3.09. The molecule has 16 heavy (non-hydrogen) atoms. The van der Waals surface area contributed by atoms with Gasteiger partial charge in [-0.1, -0.05) is 6.92 Å². The lowest BCUT2D eigenvalue weighted by Crippen LogP contribution is -2.16. The van der Waals surface area contributed by atoms with Crippen LogP contribution in [-0.2, 0) is 6.54 Å². The van der Waals surface area contributed by atoms with Crippen molar-refractivity contribution in [3.05, 3.63) is 38.8 Å². The first kappa shape index (κ1) is 11.8. The highest BCUT2D eigenvalue weighted by molar-refractivity contribution is 9.11. The third-order valence-electron chi connectivity index (χ3n) is 2.45. The number of rotatable bonds is 4. The second-order valence-electron chi connectivity index (χ2n) is 3.64. The number of aromatic nitrogens is 2. The summed E-state index contributed by atoms with van der Waals surface area (Å²) in [4.78, 5) is 0. The molecule has 0 bridgehead atoms. The van der Waals surface area contributed by atoms with Crippen LogP contribution in [0.4, 0.5) is 0 Å². The molecule has 0 fully saturated rings. The van der Waals surface area contributed by atoms with Crippen LogP contribution in [0.5, 0.6) is 0 Å². The second-order valence-corrected chi connectivity index (χ2v) is 5.93. The van der Waals surface area contributed by atoms with E-state index in [9.17, 15) is 0 Å². The van der Waals surface area contributed by atoms with E-state index >= 15 is 0 Å². The zero-order valence-corrected chi connectivity index (χ0v) is 11.5. The molecule has 0 aliphatic carbocycles. The predicted molar refractivity (Wildman–Crippen MR) is 70.6 cm³/mol. The Morgan fingerprint density at radius 2 is 2.44 bits per heavy atom. The van der Waals surface area contributed by atoms with Gasteiger partial charge in [0.25, 0.3) is 0 Å². The van der Waals surface area contributed by atoms with Gasteiger partial charge in [-0.05, 0) is 45.4 Å². The van der Waals surface area contributed by atoms with Crippen LogP contribution < -0.4 is 5.73 Å². The number of aryl methyl sites for hydroxylation is 1. The lowest BCUT2D eigenvalue weighted by molar-refractivity contribution is 0.560. The minimum Gasteiger partial charge on any atom is -0.319 e. The number of thiophene rings is 1. The van der Waals surface area contributed by atoms with Gasteiger partial charge in [-0.2, -0.15) is 5.10 Å². The van der Waals surface area contributed by atoms with Crippen LogP contribution in [0.3, 0.4) is 0 Å². The van der Waals surface area contributed by atoms with E-state index in [1.807, 2.05) is 16.9 Å². The Kier molecular flexibility index (Phi) is 3.78. The normalized spacial score (nSPS) is 12.9. The van der Waals surface area contributed by atoms with Crippen molar-refractivity contribution in [3.8, 4) is 0 Å². The SMILES string of the molecule is CCCn1nccc1C(N)c1csc(Br)c1. The van der Waals surface area contributed by atoms with E-state index in [1.54, 1.807) is 11.3 Å². The second kappa shape index (κ2) is 5.12. The van der Waals surface area contributed by atoms with Gasteiger partial charge in [0, 0.05) is 12.7 Å². The van der Waals surface area contributed by atoms with Gasteiger partial charge in [0.1, 0.15) is 0 Å². The minimum atomic E-state index is -0.0865. The number of nitrogens with zero attached hydrogens (tertiary/aromatic N) is 2. The van der Waals surface area contributed by atoms with Gasteiger partial charge >= 0.3 is 0 Å². The van der Waals surface area contributed by atoms with E-state index < -0.39 is 0 Å². The lowest BCUT2D eigenvalue weighted by atomic mass is 10.1. The first-order chi connectivity index (χ1) is 7.72. The molecule has 2 aromatic rings. The van der Waals surface area contributed by atoms with E-state index in [1.165, 1.54) is 0 Å². The van der Waals surface area contributed by atoms with Crippen molar-refractivity contribution in [1.29, 1.82) is 0 Å². The van der Waals surface area contributed by atoms with Crippen LogP contribution in [-0.4, -0.2) is 9.78 Å². The first-order valence-corrected chi connectivity index (χ1v) is 6.91. The van der Waals surface area contributed by atoms with E-state index in [0.717, 1.165) is 28.0 Å². The summed E-state index contributed by atoms with van der Waals surface area (Å²) in [6.45, 7) is 3.06. The average Bonchev–Trinajstić information content (AvgIpc) is 2.87. The van der Waals surface area contributed by atoms with E-state index in [-0.39, 0.29) is 6.04 Å². The fraction of sp³-hybridized carbons (Fsp3) is 0.364. The molecule has 0 aliphatic heterocycles. The van der Waals surface area contributed by atoms with Crippen LogP contribution in [0.2, 0.25) is 0 Å². The van der Waals surface area contributed by atoms with Crippen molar-refractivity contribution in [1.82, 2.24) is 9.78 Å². The molecule has 2 rings (SSSR count). The van der Waals surface area contributed by atoms with Crippen molar-refractivity contribution in [2.75, 3.05) is 0 Å². The molecular weight excluding hydrogens is 286 g/mol. The molecule has 0 saturated carbocycles. The molecule has 0 amide bonds. The van der Waals surface area contributed by atoms with Crippen molar-refractivity contribution in [3.63, 3.8) is 0 Å². The van der Waals surface area contributed by atoms with Crippen LogP contribution in [0.25, 0.3) is 0 Å². The topological polar surface area (TPSA) is 43.8 Å². The lowest BCUT2D eigenvalue weighted by Gasteiger charge is -2.12. The molecular formula is C11H14BrN3S. The Morgan fingerprint density at radius 3 is 3.06 bits per heavy atom. The fourth-order valence-corrected chi connectivity index (χ4v) is 2.88. The van der Waals surface area contributed by atoms with Crippen molar-refractivity contribution in [2.45, 2.75) is 25.9 Å². The molecule has 0 aliphatic rings. The zero-order valence-electron chi connectivity index (χ0n) is 9.06. The van der Waals surface area contributed by atoms with E-state index in [2.05, 4.69) is 39.4 Å². The molecule has 1 unspecified atom stereocenters. The Balaban J connectivity index is 2.26. The van der Waals surface area contributed by atoms with Crippen molar-refractivity contribution >= 4 is 27.3 Å². The molecule has 0 spiro atoms. The first-order valence-electron chi connectivity index (χ1n) is 5.23. The molecule has 3 nitrogen and oxygen atoms in total. The molecule has 2 heterocycles. The Morgan fingerprint density at radius 1 is 1.62 bits per heavy atom. The molecule has 0 saturated heterocycles. The summed E-state index contributed by atoms with van der Waals surface area (Å²) >= 11 is 5.11. The van der Waals surface area contributed by atoms with Gasteiger partial charge in [-0.15, -0.1) is 11.3 Å². The fourth-order valence-electron chi connectivity index (χ4n) is 1.66. The third-order valence-corrected chi connectivity index (χ3v) is 3.97. The monoisotopic (exact) mass is 299 g/mol. The quantitative estimate of drug-likeness (QED) is 0.942. The number of hydrogen-bond acceptors (Lipinski definition) is 3. The summed E-state index contributed by atoms with van der Waals surface area (Å²) in [5.41, 5.74) is 8.44. The maximum Gasteiger partial charge on any atom is 0.0731 e. The van der Waals surface area contributed by atoms with E-state index in [4.69, 9.17) is 5.73 Å². The molecule has 0 aromatic carbocycles. The zero-order chi connectivity index (χ0) is 11.5. The molecule has 5 heteroatoms. The molecule has 86 valence electrons. The highest BCUT2D eigenvalue weighted by Crippen LogP contribution is 2.27. The molecule has 0 radical (unpaired) electrons. The van der Waals surface area contributed by atoms with Crippen molar-refractivity contribution in [2.24, 2.45) is 5.73 Å². The minimum absolute atomic E-state index is 0.0865. The summed E-state index contributed by atoms with van der Waals surface area (Å²) in [6.07, 6.45) is 2.88. The maximum absolute atomic E-state index is 6.23. The Bertz CT molecular complexity index is 463. The number of nitrogens with two attached hydrogens (primary N) is 1. The molecule has 2 N–H and O–H groups in total. The summed E-state index contributed by atoms with van der Waals surface area (Å²) in [7, 11) is 0. The summed E-state index contributed by atoms with van der Waals surface area (Å²) in [5, 5.41) is 6.37. The highest BCUT2D eigenvalue weighted by Gasteiger charge is 2.14. The number of halogens is 1. The highest BCUT2D eigenvalue weighted by atomic mass is 79.9. The van der Waals surface area contributed by atoms with Crippen LogP contribution in [0.15, 0.2) is 27.5 Å². The average molecular weight is 300 g/mol. The van der Waals surface area contributed by atoms with Gasteiger partial charge in [-0.25, -0.2) is 0 Å². The Labute approximate surface area is 107 Å². The summed E-state index contributed by atoms with van der Waals surface area (Å²) in [6, 6.07) is 3.97. The van der Waals surface area contributed by atoms with Gasteiger partial charge < -0.3 is 5.73 Å². The smallest absolute Gasteiger partial charge is 0.0731 e.